The molecule has 0 atom stereocenters. The van der Waals surface area contributed by atoms with Gasteiger partial charge in [-0.15, -0.1) is 0 Å². The van der Waals surface area contributed by atoms with Crippen molar-refractivity contribution >= 4 is 5.69 Å². The van der Waals surface area contributed by atoms with Crippen molar-refractivity contribution in [2.24, 2.45) is 0 Å². The third kappa shape index (κ3) is 2.66. The average Bonchev–Trinajstić information content (AvgIpc) is 2.28. The minimum Gasteiger partial charge on any atom is -0.369 e. The van der Waals surface area contributed by atoms with E-state index in [9.17, 15) is 4.39 Å². The minimum atomic E-state index is -0.0565. The maximum Gasteiger partial charge on any atom is 0.128 e. The van der Waals surface area contributed by atoms with Gasteiger partial charge < -0.3 is 9.80 Å². The van der Waals surface area contributed by atoms with Crippen LogP contribution in [0.5, 0.6) is 0 Å². The Kier molecular flexibility index (Phi) is 3.91. The van der Waals surface area contributed by atoms with Gasteiger partial charge in [0, 0.05) is 31.9 Å². The molecule has 0 unspecified atom stereocenters. The van der Waals surface area contributed by atoms with E-state index in [4.69, 9.17) is 0 Å². The zero-order valence-corrected chi connectivity index (χ0v) is 11.8. The maximum absolute atomic E-state index is 14.2. The maximum atomic E-state index is 14.2. The van der Waals surface area contributed by atoms with Crippen LogP contribution in [0.15, 0.2) is 12.1 Å². The summed E-state index contributed by atoms with van der Waals surface area (Å²) in [6, 6.07) is 3.83. The van der Waals surface area contributed by atoms with Crippen LogP contribution in [0.3, 0.4) is 0 Å². The Bertz CT molecular complexity index is 397. The van der Waals surface area contributed by atoms with E-state index in [2.05, 4.69) is 22.9 Å². The Balaban J connectivity index is 2.25. The van der Waals surface area contributed by atoms with E-state index in [-0.39, 0.29) is 11.7 Å². The van der Waals surface area contributed by atoms with Gasteiger partial charge in [-0.1, -0.05) is 13.8 Å². The predicted molar refractivity (Wildman–Crippen MR) is 74.9 cm³/mol. The normalized spacial score (nSPS) is 17.6. The second kappa shape index (κ2) is 5.27. The molecule has 1 aliphatic rings. The number of aryl methyl sites for hydroxylation is 1. The molecule has 0 spiro atoms. The van der Waals surface area contributed by atoms with Crippen LogP contribution >= 0.6 is 0 Å². The van der Waals surface area contributed by atoms with Crippen LogP contribution < -0.4 is 4.90 Å². The van der Waals surface area contributed by atoms with Crippen LogP contribution in [-0.4, -0.2) is 38.1 Å². The molecule has 0 aromatic heterocycles. The highest BCUT2D eigenvalue weighted by atomic mass is 19.1. The van der Waals surface area contributed by atoms with E-state index < -0.39 is 0 Å². The van der Waals surface area contributed by atoms with Crippen molar-refractivity contribution in [1.82, 2.24) is 4.90 Å². The fourth-order valence-electron chi connectivity index (χ4n) is 2.72. The summed E-state index contributed by atoms with van der Waals surface area (Å²) in [6.45, 7) is 10.2. The van der Waals surface area contributed by atoms with Gasteiger partial charge in [0.1, 0.15) is 5.82 Å². The second-order valence-corrected chi connectivity index (χ2v) is 5.60. The van der Waals surface area contributed by atoms with Gasteiger partial charge >= 0.3 is 0 Å². The third-order valence-electron chi connectivity index (χ3n) is 3.77. The molecule has 1 heterocycles. The number of benzene rings is 1. The summed E-state index contributed by atoms with van der Waals surface area (Å²) in [7, 11) is 2.13. The lowest BCUT2D eigenvalue weighted by Crippen LogP contribution is -2.44. The number of halogens is 1. The lowest BCUT2D eigenvalue weighted by atomic mass is 9.96. The van der Waals surface area contributed by atoms with Crippen LogP contribution in [0.2, 0.25) is 0 Å². The van der Waals surface area contributed by atoms with Gasteiger partial charge in [0.15, 0.2) is 0 Å². The number of likely N-dealkylation sites (N-methyl/N-ethyl adjacent to an activating group) is 1. The molecule has 2 nitrogen and oxygen atoms in total. The van der Waals surface area contributed by atoms with Crippen LogP contribution in [-0.2, 0) is 0 Å². The topological polar surface area (TPSA) is 6.48 Å². The molecule has 18 heavy (non-hydrogen) atoms. The van der Waals surface area contributed by atoms with Gasteiger partial charge in [0.2, 0.25) is 0 Å². The molecule has 2 rings (SSSR count). The van der Waals surface area contributed by atoms with Gasteiger partial charge in [-0.05, 0) is 43.1 Å². The number of hydrogen-bond acceptors (Lipinski definition) is 2. The largest absolute Gasteiger partial charge is 0.369 e. The molecule has 1 aromatic rings. The Morgan fingerprint density at radius 1 is 1.11 bits per heavy atom. The Morgan fingerprint density at radius 2 is 1.72 bits per heavy atom. The molecule has 1 saturated heterocycles. The highest BCUT2D eigenvalue weighted by Gasteiger charge is 2.18. The molecule has 3 heteroatoms. The van der Waals surface area contributed by atoms with E-state index in [1.165, 1.54) is 0 Å². The summed E-state index contributed by atoms with van der Waals surface area (Å²) in [4.78, 5) is 4.59. The third-order valence-corrected chi connectivity index (χ3v) is 3.77. The van der Waals surface area contributed by atoms with E-state index >= 15 is 0 Å². The molecule has 1 fully saturated rings. The van der Waals surface area contributed by atoms with E-state index in [1.54, 1.807) is 6.07 Å². The predicted octanol–water partition coefficient (Wildman–Crippen LogP) is 3.01. The van der Waals surface area contributed by atoms with Crippen LogP contribution in [0.4, 0.5) is 10.1 Å². The summed E-state index contributed by atoms with van der Waals surface area (Å²) in [5.41, 5.74) is 2.95. The van der Waals surface area contributed by atoms with Gasteiger partial charge in [0.25, 0.3) is 0 Å². The van der Waals surface area contributed by atoms with E-state index in [0.717, 1.165) is 43.0 Å². The molecule has 0 N–H and O–H groups in total. The Morgan fingerprint density at radius 3 is 2.22 bits per heavy atom. The molecule has 1 aliphatic heterocycles. The monoisotopic (exact) mass is 250 g/mol. The molecule has 0 saturated carbocycles. The van der Waals surface area contributed by atoms with Gasteiger partial charge in [-0.25, -0.2) is 4.39 Å². The van der Waals surface area contributed by atoms with Gasteiger partial charge in [-0.2, -0.15) is 0 Å². The quantitative estimate of drug-likeness (QED) is 0.796. The lowest BCUT2D eigenvalue weighted by molar-refractivity contribution is 0.312. The summed E-state index contributed by atoms with van der Waals surface area (Å²) in [5, 5.41) is 0. The average molecular weight is 250 g/mol. The number of piperazine rings is 1. The summed E-state index contributed by atoms with van der Waals surface area (Å²) >= 11 is 0. The van der Waals surface area contributed by atoms with E-state index in [1.807, 2.05) is 20.8 Å². The van der Waals surface area contributed by atoms with Crippen molar-refractivity contribution in [3.63, 3.8) is 0 Å². The van der Waals surface area contributed by atoms with Crippen molar-refractivity contribution in [3.8, 4) is 0 Å². The number of rotatable bonds is 2. The Labute approximate surface area is 109 Å². The molecule has 0 amide bonds. The second-order valence-electron chi connectivity index (χ2n) is 5.60. The van der Waals surface area contributed by atoms with Crippen LogP contribution in [0, 0.1) is 12.7 Å². The lowest BCUT2D eigenvalue weighted by Gasteiger charge is -2.34. The Hall–Kier alpha value is -1.09. The number of hydrogen-bond donors (Lipinski definition) is 0. The highest BCUT2D eigenvalue weighted by Crippen LogP contribution is 2.28. The standard InChI is InChI=1S/C15H23FN2/c1-11(2)15-12(3)9-13(10-14(15)16)18-7-5-17(4)6-8-18/h9-11H,5-8H2,1-4H3. The first kappa shape index (κ1) is 13.3. The number of nitrogens with zero attached hydrogens (tertiary/aromatic N) is 2. The minimum absolute atomic E-state index is 0.0565. The van der Waals surface area contributed by atoms with Crippen molar-refractivity contribution in [2.45, 2.75) is 26.7 Å². The molecular weight excluding hydrogens is 227 g/mol. The molecular formula is C15H23FN2. The van der Waals surface area contributed by atoms with Gasteiger partial charge in [-0.3, -0.25) is 0 Å². The zero-order chi connectivity index (χ0) is 13.3. The SMILES string of the molecule is Cc1cc(N2CCN(C)CC2)cc(F)c1C(C)C. The van der Waals surface area contributed by atoms with Crippen LogP contribution in [0.1, 0.15) is 30.9 Å². The molecule has 0 radical (unpaired) electrons. The first-order chi connectivity index (χ1) is 8.49. The zero-order valence-electron chi connectivity index (χ0n) is 11.8. The molecule has 0 bridgehead atoms. The first-order valence-electron chi connectivity index (χ1n) is 6.72. The van der Waals surface area contributed by atoms with Crippen LogP contribution in [0.25, 0.3) is 0 Å². The molecule has 0 aliphatic carbocycles. The molecule has 100 valence electrons. The van der Waals surface area contributed by atoms with Crippen molar-refractivity contribution < 1.29 is 4.39 Å². The first-order valence-corrected chi connectivity index (χ1v) is 6.72. The van der Waals surface area contributed by atoms with Crippen molar-refractivity contribution in [3.05, 3.63) is 29.1 Å². The van der Waals surface area contributed by atoms with Crippen molar-refractivity contribution in [1.29, 1.82) is 0 Å². The summed E-state index contributed by atoms with van der Waals surface area (Å²) in [5.74, 6) is 0.186. The fourth-order valence-corrected chi connectivity index (χ4v) is 2.72. The van der Waals surface area contributed by atoms with E-state index in [0.29, 0.717) is 0 Å². The summed E-state index contributed by atoms with van der Waals surface area (Å²) < 4.78 is 14.2. The summed E-state index contributed by atoms with van der Waals surface area (Å²) in [6.07, 6.45) is 0. The fraction of sp³-hybridized carbons (Fsp3) is 0.600. The number of anilines is 1. The smallest absolute Gasteiger partial charge is 0.128 e. The van der Waals surface area contributed by atoms with Gasteiger partial charge in [0.05, 0.1) is 0 Å². The molecule has 1 aromatic carbocycles. The highest BCUT2D eigenvalue weighted by molar-refractivity contribution is 5.52. The van der Waals surface area contributed by atoms with Crippen molar-refractivity contribution in [2.75, 3.05) is 38.1 Å².